The highest BCUT2D eigenvalue weighted by Crippen LogP contribution is 2.25. The monoisotopic (exact) mass is 407 g/mol. The van der Waals surface area contributed by atoms with Crippen LogP contribution >= 0.6 is 0 Å². The number of carbonyl (C=O) groups excluding carboxylic acids is 1. The van der Waals surface area contributed by atoms with Gasteiger partial charge < -0.3 is 14.4 Å². The molecule has 0 unspecified atom stereocenters. The highest BCUT2D eigenvalue weighted by Gasteiger charge is 2.34. The minimum absolute atomic E-state index is 0.102. The molecule has 1 saturated heterocycles. The lowest BCUT2D eigenvalue weighted by atomic mass is 9.95. The van der Waals surface area contributed by atoms with E-state index in [0.29, 0.717) is 39.3 Å². The first-order chi connectivity index (χ1) is 14.8. The van der Waals surface area contributed by atoms with Gasteiger partial charge in [0.2, 0.25) is 5.91 Å². The van der Waals surface area contributed by atoms with E-state index in [1.165, 1.54) is 0 Å². The van der Waals surface area contributed by atoms with Gasteiger partial charge in [-0.3, -0.25) is 4.79 Å². The van der Waals surface area contributed by atoms with Gasteiger partial charge in [-0.1, -0.05) is 66.7 Å². The highest BCUT2D eigenvalue weighted by atomic mass is 16.5. The summed E-state index contributed by atoms with van der Waals surface area (Å²) in [6.07, 6.45) is 6.04. The molecule has 2 aromatic rings. The molecule has 1 aliphatic rings. The van der Waals surface area contributed by atoms with Gasteiger partial charge in [0, 0.05) is 6.42 Å². The Morgan fingerprint density at radius 2 is 1.40 bits per heavy atom. The maximum Gasteiger partial charge on any atom is 0.223 e. The Labute approximate surface area is 180 Å². The summed E-state index contributed by atoms with van der Waals surface area (Å²) in [5.74, 6) is 0.177. The van der Waals surface area contributed by atoms with Crippen molar-refractivity contribution in [3.05, 3.63) is 84.4 Å². The van der Waals surface area contributed by atoms with Crippen LogP contribution in [-0.4, -0.2) is 36.1 Å². The van der Waals surface area contributed by atoms with Crippen LogP contribution in [-0.2, 0) is 27.5 Å². The van der Waals surface area contributed by atoms with Gasteiger partial charge in [-0.15, -0.1) is 6.58 Å². The van der Waals surface area contributed by atoms with Gasteiger partial charge in [-0.25, -0.2) is 0 Å². The number of likely N-dealkylation sites (tertiary alicyclic amines) is 1. The fraction of sp³-hybridized carbons (Fsp3) is 0.423. The second-order valence-corrected chi connectivity index (χ2v) is 7.87. The molecule has 1 amide bonds. The van der Waals surface area contributed by atoms with E-state index in [1.54, 1.807) is 0 Å². The fourth-order valence-electron chi connectivity index (χ4n) is 4.03. The standard InChI is InChI=1S/C26H33NO3/c1-2-3-17-26(28)27-24(20-29-18-22-11-6-4-7-12-22)15-10-16-25(27)21-30-19-23-13-8-5-9-14-23/h2,4-9,11-14,24-25H,1,3,10,15-21H2/t24-,25-/m1/s1. The van der Waals surface area contributed by atoms with Gasteiger partial charge >= 0.3 is 0 Å². The van der Waals surface area contributed by atoms with E-state index in [0.717, 1.165) is 30.4 Å². The zero-order valence-corrected chi connectivity index (χ0v) is 17.7. The molecule has 0 radical (unpaired) electrons. The molecule has 4 nitrogen and oxygen atoms in total. The molecule has 30 heavy (non-hydrogen) atoms. The molecule has 1 heterocycles. The molecule has 0 spiro atoms. The van der Waals surface area contributed by atoms with Crippen LogP contribution in [0.1, 0.15) is 43.2 Å². The average Bonchev–Trinajstić information content (AvgIpc) is 2.79. The summed E-state index contributed by atoms with van der Waals surface area (Å²) in [4.78, 5) is 15.1. The van der Waals surface area contributed by atoms with Crippen LogP contribution in [0.5, 0.6) is 0 Å². The zero-order chi connectivity index (χ0) is 21.0. The van der Waals surface area contributed by atoms with E-state index in [9.17, 15) is 4.79 Å². The Morgan fingerprint density at radius 3 is 1.87 bits per heavy atom. The maximum absolute atomic E-state index is 13.0. The molecular formula is C26H33NO3. The predicted molar refractivity (Wildman–Crippen MR) is 120 cm³/mol. The Balaban J connectivity index is 1.58. The van der Waals surface area contributed by atoms with E-state index in [4.69, 9.17) is 9.47 Å². The number of amides is 1. The molecule has 0 N–H and O–H groups in total. The number of nitrogens with zero attached hydrogens (tertiary/aromatic N) is 1. The van der Waals surface area contributed by atoms with Crippen molar-refractivity contribution in [3.8, 4) is 0 Å². The third-order valence-electron chi connectivity index (χ3n) is 5.56. The molecule has 1 aliphatic heterocycles. The van der Waals surface area contributed by atoms with E-state index >= 15 is 0 Å². The number of rotatable bonds is 11. The Bertz CT molecular complexity index is 709. The third kappa shape index (κ3) is 6.82. The molecule has 3 rings (SSSR count). The van der Waals surface area contributed by atoms with E-state index < -0.39 is 0 Å². The number of benzene rings is 2. The van der Waals surface area contributed by atoms with Crippen molar-refractivity contribution in [2.24, 2.45) is 0 Å². The largest absolute Gasteiger partial charge is 0.375 e. The summed E-state index contributed by atoms with van der Waals surface area (Å²) in [5, 5.41) is 0. The number of carbonyl (C=O) groups is 1. The Hall–Kier alpha value is -2.43. The van der Waals surface area contributed by atoms with Crippen LogP contribution in [0.3, 0.4) is 0 Å². The van der Waals surface area contributed by atoms with Gasteiger partial charge in [0.25, 0.3) is 0 Å². The number of piperidine rings is 1. The van der Waals surface area contributed by atoms with Crippen molar-refractivity contribution >= 4 is 5.91 Å². The summed E-state index contributed by atoms with van der Waals surface area (Å²) < 4.78 is 12.0. The van der Waals surface area contributed by atoms with Crippen molar-refractivity contribution in [2.45, 2.75) is 57.4 Å². The third-order valence-corrected chi connectivity index (χ3v) is 5.56. The Kier molecular flexibility index (Phi) is 9.13. The molecule has 1 fully saturated rings. The van der Waals surface area contributed by atoms with Gasteiger partial charge in [0.05, 0.1) is 38.5 Å². The molecule has 2 atom stereocenters. The van der Waals surface area contributed by atoms with Crippen LogP contribution in [0.15, 0.2) is 73.3 Å². The lowest BCUT2D eigenvalue weighted by molar-refractivity contribution is -0.143. The smallest absolute Gasteiger partial charge is 0.223 e. The SMILES string of the molecule is C=CCCC(=O)N1[C@@H](COCc2ccccc2)CCC[C@@H]1COCc1ccccc1. The average molecular weight is 408 g/mol. The van der Waals surface area contributed by atoms with Gasteiger partial charge in [0.1, 0.15) is 0 Å². The quantitative estimate of drug-likeness (QED) is 0.484. The second-order valence-electron chi connectivity index (χ2n) is 7.87. The molecule has 2 aromatic carbocycles. The summed E-state index contributed by atoms with van der Waals surface area (Å²) in [6, 6.07) is 20.5. The van der Waals surface area contributed by atoms with Gasteiger partial charge in [-0.05, 0) is 36.8 Å². The summed E-state index contributed by atoms with van der Waals surface area (Å²) in [5.41, 5.74) is 2.31. The van der Waals surface area contributed by atoms with Crippen molar-refractivity contribution in [1.29, 1.82) is 0 Å². The molecule has 0 aliphatic carbocycles. The van der Waals surface area contributed by atoms with Crippen molar-refractivity contribution in [2.75, 3.05) is 13.2 Å². The first-order valence-electron chi connectivity index (χ1n) is 10.9. The van der Waals surface area contributed by atoms with E-state index in [-0.39, 0.29) is 18.0 Å². The molecule has 0 saturated carbocycles. The van der Waals surface area contributed by atoms with Gasteiger partial charge in [-0.2, -0.15) is 0 Å². The van der Waals surface area contributed by atoms with Gasteiger partial charge in [0.15, 0.2) is 0 Å². The predicted octanol–water partition coefficient (Wildman–Crippen LogP) is 5.14. The Morgan fingerprint density at radius 1 is 0.900 bits per heavy atom. The lowest BCUT2D eigenvalue weighted by Crippen LogP contribution is -2.53. The molecule has 0 bridgehead atoms. The zero-order valence-electron chi connectivity index (χ0n) is 17.7. The van der Waals surface area contributed by atoms with Crippen LogP contribution in [0.2, 0.25) is 0 Å². The van der Waals surface area contributed by atoms with Crippen LogP contribution in [0.4, 0.5) is 0 Å². The number of hydrogen-bond donors (Lipinski definition) is 0. The van der Waals surface area contributed by atoms with Crippen molar-refractivity contribution in [1.82, 2.24) is 4.90 Å². The summed E-state index contributed by atoms with van der Waals surface area (Å²) >= 11 is 0. The lowest BCUT2D eigenvalue weighted by Gasteiger charge is -2.42. The van der Waals surface area contributed by atoms with Crippen molar-refractivity contribution < 1.29 is 14.3 Å². The number of allylic oxidation sites excluding steroid dienone is 1. The first kappa shape index (κ1) is 22.3. The normalized spacial score (nSPS) is 18.9. The van der Waals surface area contributed by atoms with Crippen LogP contribution < -0.4 is 0 Å². The number of hydrogen-bond acceptors (Lipinski definition) is 3. The van der Waals surface area contributed by atoms with Crippen LogP contribution in [0.25, 0.3) is 0 Å². The molecule has 0 aromatic heterocycles. The van der Waals surface area contributed by atoms with Crippen molar-refractivity contribution in [3.63, 3.8) is 0 Å². The van der Waals surface area contributed by atoms with E-state index in [2.05, 4.69) is 30.8 Å². The molecule has 4 heteroatoms. The van der Waals surface area contributed by atoms with E-state index in [1.807, 2.05) is 47.4 Å². The number of ether oxygens (including phenoxy) is 2. The second kappa shape index (κ2) is 12.3. The molecule has 160 valence electrons. The topological polar surface area (TPSA) is 38.8 Å². The highest BCUT2D eigenvalue weighted by molar-refractivity contribution is 5.77. The van der Waals surface area contributed by atoms with Crippen LogP contribution in [0, 0.1) is 0 Å². The summed E-state index contributed by atoms with van der Waals surface area (Å²) in [7, 11) is 0. The summed E-state index contributed by atoms with van der Waals surface area (Å²) in [6.45, 7) is 6.02. The minimum atomic E-state index is 0.102. The first-order valence-corrected chi connectivity index (χ1v) is 10.9. The fourth-order valence-corrected chi connectivity index (χ4v) is 4.03. The maximum atomic E-state index is 13.0. The minimum Gasteiger partial charge on any atom is -0.375 e. The molecular weight excluding hydrogens is 374 g/mol.